The van der Waals surface area contributed by atoms with Gasteiger partial charge in [0, 0.05) is 11.5 Å². The molecule has 4 bridgehead atoms. The number of ether oxygens (including phenoxy) is 2. The molecule has 5 nitrogen and oxygen atoms in total. The average molecular weight is 437 g/mol. The first-order chi connectivity index (χ1) is 14.6. The summed E-state index contributed by atoms with van der Waals surface area (Å²) < 4.78 is 50.8. The molecule has 0 spiro atoms. The van der Waals surface area contributed by atoms with E-state index in [-0.39, 0.29) is 5.92 Å². The molecule has 0 aromatic heterocycles. The summed E-state index contributed by atoms with van der Waals surface area (Å²) in [4.78, 5) is 23.7. The van der Waals surface area contributed by atoms with E-state index in [0.29, 0.717) is 42.2 Å². The molecule has 1 aromatic rings. The van der Waals surface area contributed by atoms with E-state index in [1.807, 2.05) is 6.92 Å². The predicted molar refractivity (Wildman–Crippen MR) is 99.9 cm³/mol. The van der Waals surface area contributed by atoms with Gasteiger partial charge in [-0.1, -0.05) is 13.0 Å². The van der Waals surface area contributed by atoms with Crippen molar-refractivity contribution in [2.24, 2.45) is 35.5 Å². The Morgan fingerprint density at radius 1 is 1.13 bits per heavy atom. The number of carbonyl (C=O) groups is 2. The van der Waals surface area contributed by atoms with E-state index < -0.39 is 40.8 Å². The third kappa shape index (κ3) is 3.12. The molecule has 4 fully saturated rings. The number of benzene rings is 1. The van der Waals surface area contributed by atoms with Crippen molar-refractivity contribution in [1.29, 1.82) is 0 Å². The quantitative estimate of drug-likeness (QED) is 0.396. The third-order valence-corrected chi connectivity index (χ3v) is 8.50. The number of aromatic carboxylic acids is 1. The van der Waals surface area contributed by atoms with E-state index in [1.54, 1.807) is 0 Å². The molecule has 0 saturated heterocycles. The molecule has 0 heterocycles. The predicted octanol–water partition coefficient (Wildman–Crippen LogP) is 4.44. The van der Waals surface area contributed by atoms with Crippen LogP contribution in [0, 0.1) is 35.5 Å². The normalized spacial score (nSPS) is 37.7. The minimum Gasteiger partial charge on any atom is -0.545 e. The lowest BCUT2D eigenvalue weighted by molar-refractivity contribution is -0.255. The van der Waals surface area contributed by atoms with Gasteiger partial charge in [0.1, 0.15) is 11.4 Å². The zero-order valence-corrected chi connectivity index (χ0v) is 17.1. The second kappa shape index (κ2) is 6.87. The van der Waals surface area contributed by atoms with Gasteiger partial charge in [-0.3, -0.25) is 0 Å². The highest BCUT2D eigenvalue weighted by Gasteiger charge is 2.67. The standard InChI is InChI=1S/C23H25F3O5/c1-2-22(10-14-8-16(22)19-12-4-3-11(7-12)18(14)19)31-21(29)30-17-9-13(20(27)28)5-6-15(17)23(24,25)26/h5-6,9,11-12,14,16,18-19H,2-4,7-8,10H2,1H3,(H,27,28)/p-1. The Balaban J connectivity index is 1.37. The number of alkyl halides is 3. The molecule has 1 aromatic carbocycles. The number of carboxylic acids is 1. The highest BCUT2D eigenvalue weighted by Crippen LogP contribution is 2.70. The van der Waals surface area contributed by atoms with Crippen LogP contribution in [0.4, 0.5) is 18.0 Å². The van der Waals surface area contributed by atoms with Crippen LogP contribution in [0.2, 0.25) is 0 Å². The van der Waals surface area contributed by atoms with Crippen molar-refractivity contribution in [1.82, 2.24) is 0 Å². The lowest BCUT2D eigenvalue weighted by atomic mass is 9.65. The average Bonchev–Trinajstić information content (AvgIpc) is 3.45. The molecule has 7 atom stereocenters. The van der Waals surface area contributed by atoms with Gasteiger partial charge >= 0.3 is 12.3 Å². The Bertz CT molecular complexity index is 928. The second-order valence-electron chi connectivity index (χ2n) is 9.66. The van der Waals surface area contributed by atoms with Gasteiger partial charge < -0.3 is 19.4 Å². The highest BCUT2D eigenvalue weighted by molar-refractivity contribution is 5.86. The van der Waals surface area contributed by atoms with Crippen molar-refractivity contribution >= 4 is 12.1 Å². The fourth-order valence-corrected chi connectivity index (χ4v) is 7.54. The Hall–Kier alpha value is -2.25. The monoisotopic (exact) mass is 437 g/mol. The van der Waals surface area contributed by atoms with E-state index in [1.165, 1.54) is 19.3 Å². The van der Waals surface area contributed by atoms with E-state index in [2.05, 4.69) is 0 Å². The summed E-state index contributed by atoms with van der Waals surface area (Å²) in [5.41, 5.74) is -2.47. The van der Waals surface area contributed by atoms with Crippen LogP contribution < -0.4 is 9.84 Å². The van der Waals surface area contributed by atoms with Crippen LogP contribution in [-0.2, 0) is 10.9 Å². The first kappa shape index (κ1) is 20.6. The Morgan fingerprint density at radius 2 is 1.84 bits per heavy atom. The largest absolute Gasteiger partial charge is 0.545 e. The third-order valence-electron chi connectivity index (χ3n) is 8.50. The van der Waals surface area contributed by atoms with Gasteiger partial charge in [-0.25, -0.2) is 4.79 Å². The van der Waals surface area contributed by atoms with Crippen LogP contribution in [0.15, 0.2) is 18.2 Å². The summed E-state index contributed by atoms with van der Waals surface area (Å²) in [5, 5.41) is 11.1. The minimum atomic E-state index is -4.81. The van der Waals surface area contributed by atoms with Crippen LogP contribution in [0.5, 0.6) is 5.75 Å². The minimum absolute atomic E-state index is 0.215. The summed E-state index contributed by atoms with van der Waals surface area (Å²) in [5.74, 6) is 0.814. The zero-order valence-electron chi connectivity index (χ0n) is 17.1. The zero-order chi connectivity index (χ0) is 22.1. The summed E-state index contributed by atoms with van der Waals surface area (Å²) in [6.45, 7) is 1.94. The van der Waals surface area contributed by atoms with Gasteiger partial charge in [0.15, 0.2) is 0 Å². The molecule has 8 heteroatoms. The molecule has 4 aliphatic rings. The summed E-state index contributed by atoms with van der Waals surface area (Å²) >= 11 is 0. The lowest BCUT2D eigenvalue weighted by Crippen LogP contribution is -2.47. The van der Waals surface area contributed by atoms with E-state index >= 15 is 0 Å². The van der Waals surface area contributed by atoms with Gasteiger partial charge in [-0.2, -0.15) is 13.2 Å². The summed E-state index contributed by atoms with van der Waals surface area (Å²) in [7, 11) is 0. The van der Waals surface area contributed by atoms with Crippen molar-refractivity contribution < 1.29 is 37.3 Å². The molecule has 168 valence electrons. The number of hydrogen-bond acceptors (Lipinski definition) is 5. The molecule has 0 aliphatic heterocycles. The van der Waals surface area contributed by atoms with Crippen molar-refractivity contribution in [3.63, 3.8) is 0 Å². The maximum Gasteiger partial charge on any atom is 0.514 e. The first-order valence-corrected chi connectivity index (χ1v) is 11.0. The smallest absolute Gasteiger partial charge is 0.514 e. The van der Waals surface area contributed by atoms with Crippen LogP contribution in [0.25, 0.3) is 0 Å². The summed E-state index contributed by atoms with van der Waals surface area (Å²) in [6, 6.07) is 2.00. The molecule has 0 amide bonds. The molecule has 31 heavy (non-hydrogen) atoms. The number of carbonyl (C=O) groups excluding carboxylic acids is 2. The lowest BCUT2D eigenvalue weighted by Gasteiger charge is -2.45. The van der Waals surface area contributed by atoms with Crippen molar-refractivity contribution in [2.45, 2.75) is 57.2 Å². The van der Waals surface area contributed by atoms with Gasteiger partial charge in [0.2, 0.25) is 0 Å². The van der Waals surface area contributed by atoms with Gasteiger partial charge in [-0.05, 0) is 80.2 Å². The number of fused-ring (bicyclic) bond motifs is 9. The maximum atomic E-state index is 13.3. The highest BCUT2D eigenvalue weighted by atomic mass is 19.4. The second-order valence-corrected chi connectivity index (χ2v) is 9.66. The number of carboxylic acid groups (broad SMARTS) is 1. The molecule has 7 unspecified atom stereocenters. The van der Waals surface area contributed by atoms with E-state index in [4.69, 9.17) is 9.47 Å². The number of halogens is 3. The Morgan fingerprint density at radius 3 is 2.48 bits per heavy atom. The van der Waals surface area contributed by atoms with Crippen LogP contribution in [0.1, 0.15) is 61.4 Å². The number of rotatable bonds is 4. The number of hydrogen-bond donors (Lipinski definition) is 0. The molecular formula is C23H24F3O5-. The molecule has 0 N–H and O–H groups in total. The van der Waals surface area contributed by atoms with Crippen molar-refractivity contribution in [2.75, 3.05) is 0 Å². The van der Waals surface area contributed by atoms with E-state index in [9.17, 15) is 27.9 Å². The molecule has 4 saturated carbocycles. The fourth-order valence-electron chi connectivity index (χ4n) is 7.54. The Labute approximate surface area is 177 Å². The fraction of sp³-hybridized carbons (Fsp3) is 0.652. The Kier molecular flexibility index (Phi) is 4.58. The van der Waals surface area contributed by atoms with Crippen molar-refractivity contribution in [3.8, 4) is 5.75 Å². The van der Waals surface area contributed by atoms with Crippen LogP contribution in [0.3, 0.4) is 0 Å². The van der Waals surface area contributed by atoms with Gasteiger partial charge in [0.25, 0.3) is 0 Å². The molecular weight excluding hydrogens is 413 g/mol. The maximum absolute atomic E-state index is 13.3. The van der Waals surface area contributed by atoms with Gasteiger partial charge in [-0.15, -0.1) is 0 Å². The van der Waals surface area contributed by atoms with Crippen molar-refractivity contribution in [3.05, 3.63) is 29.3 Å². The van der Waals surface area contributed by atoms with Crippen LogP contribution in [-0.4, -0.2) is 17.7 Å². The van der Waals surface area contributed by atoms with Gasteiger partial charge in [0.05, 0.1) is 11.5 Å². The summed E-state index contributed by atoms with van der Waals surface area (Å²) in [6.07, 6.45) is 0.0138. The SMILES string of the molecule is CCC1(OC(=O)Oc2cc(C(=O)[O-])ccc2C(F)(F)F)CC2CC1C1C3CCC(C3)C21. The molecule has 4 aliphatic carbocycles. The first-order valence-electron chi connectivity index (χ1n) is 11.0. The van der Waals surface area contributed by atoms with E-state index in [0.717, 1.165) is 24.8 Å². The topological polar surface area (TPSA) is 75.7 Å². The molecule has 0 radical (unpaired) electrons. The molecule has 5 rings (SSSR count). The van der Waals surface area contributed by atoms with Crippen LogP contribution >= 0.6 is 0 Å².